The zero-order valence-corrected chi connectivity index (χ0v) is 10.6. The minimum atomic E-state index is 0.656. The van der Waals surface area contributed by atoms with Crippen LogP contribution >= 0.6 is 0 Å². The van der Waals surface area contributed by atoms with Gasteiger partial charge in [-0.2, -0.15) is 0 Å². The van der Waals surface area contributed by atoms with Gasteiger partial charge in [0.25, 0.3) is 0 Å². The first-order chi connectivity index (χ1) is 8.86. The van der Waals surface area contributed by atoms with E-state index in [1.807, 2.05) is 6.08 Å². The van der Waals surface area contributed by atoms with Gasteiger partial charge < -0.3 is 15.2 Å². The first-order valence-electron chi connectivity index (χ1n) is 6.62. The fourth-order valence-electron chi connectivity index (χ4n) is 3.07. The number of hydrogen-bond acceptors (Lipinski definition) is 3. The highest BCUT2D eigenvalue weighted by Crippen LogP contribution is 2.44. The maximum Gasteiger partial charge on any atom is 0.126 e. The summed E-state index contributed by atoms with van der Waals surface area (Å²) in [6, 6.07) is 0. The lowest BCUT2D eigenvalue weighted by molar-refractivity contribution is 0.352. The van der Waals surface area contributed by atoms with E-state index in [1.54, 1.807) is 0 Å². The zero-order valence-electron chi connectivity index (χ0n) is 10.6. The van der Waals surface area contributed by atoms with Crippen LogP contribution in [0, 0.1) is 0 Å². The normalized spacial score (nSPS) is 15.8. The van der Waals surface area contributed by atoms with E-state index in [1.165, 1.54) is 22.3 Å². The quantitative estimate of drug-likeness (QED) is 0.822. The first-order valence-corrected chi connectivity index (χ1v) is 6.62. The van der Waals surface area contributed by atoms with E-state index in [9.17, 15) is 0 Å². The molecule has 2 aliphatic heterocycles. The second-order valence-corrected chi connectivity index (χ2v) is 4.80. The Morgan fingerprint density at radius 2 is 1.67 bits per heavy atom. The molecule has 1 aromatic rings. The van der Waals surface area contributed by atoms with Crippen LogP contribution in [-0.2, 0) is 25.7 Å². The maximum absolute atomic E-state index is 5.85. The molecule has 3 heteroatoms. The van der Waals surface area contributed by atoms with Gasteiger partial charge in [-0.15, -0.1) is 6.58 Å². The van der Waals surface area contributed by atoms with Crippen molar-refractivity contribution in [1.29, 1.82) is 0 Å². The van der Waals surface area contributed by atoms with E-state index in [0.29, 0.717) is 6.54 Å². The molecule has 2 N–H and O–H groups in total. The smallest absolute Gasteiger partial charge is 0.126 e. The van der Waals surface area contributed by atoms with Gasteiger partial charge in [0.1, 0.15) is 11.5 Å². The average molecular weight is 245 g/mol. The molecule has 3 rings (SSSR count). The third-order valence-corrected chi connectivity index (χ3v) is 3.76. The Morgan fingerprint density at radius 3 is 2.28 bits per heavy atom. The van der Waals surface area contributed by atoms with E-state index in [-0.39, 0.29) is 0 Å². The van der Waals surface area contributed by atoms with Gasteiger partial charge in [-0.3, -0.25) is 0 Å². The Balaban J connectivity index is 2.21. The predicted molar refractivity (Wildman–Crippen MR) is 71.5 cm³/mol. The minimum absolute atomic E-state index is 0.656. The summed E-state index contributed by atoms with van der Waals surface area (Å²) in [7, 11) is 0. The number of ether oxygens (including phenoxy) is 2. The molecule has 3 nitrogen and oxygen atoms in total. The Kier molecular flexibility index (Phi) is 3.00. The van der Waals surface area contributed by atoms with Crippen LogP contribution in [0.1, 0.15) is 22.3 Å². The lowest BCUT2D eigenvalue weighted by Crippen LogP contribution is -2.07. The summed E-state index contributed by atoms with van der Waals surface area (Å²) in [5, 5.41) is 0. The van der Waals surface area contributed by atoms with Crippen molar-refractivity contribution in [2.75, 3.05) is 19.8 Å². The number of allylic oxidation sites excluding steroid dienone is 1. The van der Waals surface area contributed by atoms with Crippen molar-refractivity contribution in [2.24, 2.45) is 5.73 Å². The average Bonchev–Trinajstić information content (AvgIpc) is 3.01. The Bertz CT molecular complexity index is 459. The Morgan fingerprint density at radius 1 is 1.06 bits per heavy atom. The molecule has 1 aromatic carbocycles. The van der Waals surface area contributed by atoms with Gasteiger partial charge in [-0.05, 0) is 19.4 Å². The molecule has 0 amide bonds. The highest BCUT2D eigenvalue weighted by Gasteiger charge is 2.30. The predicted octanol–water partition coefficient (Wildman–Crippen LogP) is 1.79. The van der Waals surface area contributed by atoms with Crippen molar-refractivity contribution in [3.8, 4) is 11.5 Å². The summed E-state index contributed by atoms with van der Waals surface area (Å²) in [5.74, 6) is 2.17. The van der Waals surface area contributed by atoms with Gasteiger partial charge in [-0.1, -0.05) is 6.08 Å². The van der Waals surface area contributed by atoms with Gasteiger partial charge >= 0.3 is 0 Å². The standard InChI is InChI=1S/C15H19NO2/c1-2-3-10-12-5-8-18-15(12)11(4-7-16)13-6-9-17-14(10)13/h2H,1,3-9,16H2. The number of nitrogens with two attached hydrogens (primary N) is 1. The molecule has 2 aliphatic rings. The zero-order chi connectivity index (χ0) is 12.5. The van der Waals surface area contributed by atoms with Gasteiger partial charge in [0.15, 0.2) is 0 Å². The molecule has 18 heavy (non-hydrogen) atoms. The maximum atomic E-state index is 5.85. The van der Waals surface area contributed by atoms with Crippen LogP contribution in [0.3, 0.4) is 0 Å². The molecule has 0 radical (unpaired) electrons. The van der Waals surface area contributed by atoms with E-state index >= 15 is 0 Å². The highest BCUT2D eigenvalue weighted by molar-refractivity contribution is 5.62. The lowest BCUT2D eigenvalue weighted by Gasteiger charge is -2.16. The summed E-state index contributed by atoms with van der Waals surface area (Å²) in [5.41, 5.74) is 10.9. The third-order valence-electron chi connectivity index (χ3n) is 3.76. The molecule has 0 atom stereocenters. The molecule has 0 fully saturated rings. The fourth-order valence-corrected chi connectivity index (χ4v) is 3.07. The second kappa shape index (κ2) is 4.65. The van der Waals surface area contributed by atoms with Crippen molar-refractivity contribution in [3.63, 3.8) is 0 Å². The Hall–Kier alpha value is -1.48. The molecule has 96 valence electrons. The van der Waals surface area contributed by atoms with Gasteiger partial charge in [0.05, 0.1) is 13.2 Å². The van der Waals surface area contributed by atoms with E-state index in [2.05, 4.69) is 6.58 Å². The third kappa shape index (κ3) is 1.62. The van der Waals surface area contributed by atoms with Gasteiger partial charge in [-0.25, -0.2) is 0 Å². The molecule has 0 spiro atoms. The summed E-state index contributed by atoms with van der Waals surface area (Å²) < 4.78 is 11.7. The first kappa shape index (κ1) is 11.6. The van der Waals surface area contributed by atoms with Gasteiger partial charge in [0.2, 0.25) is 0 Å². The lowest BCUT2D eigenvalue weighted by atomic mass is 9.91. The van der Waals surface area contributed by atoms with Crippen LogP contribution in [0.15, 0.2) is 12.7 Å². The van der Waals surface area contributed by atoms with Crippen molar-refractivity contribution in [3.05, 3.63) is 34.9 Å². The van der Waals surface area contributed by atoms with Crippen LogP contribution in [-0.4, -0.2) is 19.8 Å². The van der Waals surface area contributed by atoms with Crippen molar-refractivity contribution in [2.45, 2.75) is 25.7 Å². The van der Waals surface area contributed by atoms with E-state index in [0.717, 1.165) is 50.4 Å². The molecule has 0 saturated heterocycles. The van der Waals surface area contributed by atoms with Crippen molar-refractivity contribution >= 4 is 0 Å². The summed E-state index contributed by atoms with van der Waals surface area (Å²) in [6.07, 6.45) is 5.63. The highest BCUT2D eigenvalue weighted by atomic mass is 16.5. The Labute approximate surface area is 108 Å². The summed E-state index contributed by atoms with van der Waals surface area (Å²) >= 11 is 0. The van der Waals surface area contributed by atoms with Gasteiger partial charge in [0, 0.05) is 35.1 Å². The summed E-state index contributed by atoms with van der Waals surface area (Å²) in [4.78, 5) is 0. The SMILES string of the molecule is C=CCc1c2c(c(CCN)c3c1OCC3)OCC2. The van der Waals surface area contributed by atoms with Crippen LogP contribution in [0.2, 0.25) is 0 Å². The van der Waals surface area contributed by atoms with Crippen LogP contribution < -0.4 is 15.2 Å². The molecule has 0 unspecified atom stereocenters. The number of benzene rings is 1. The topological polar surface area (TPSA) is 44.5 Å². The number of rotatable bonds is 4. The van der Waals surface area contributed by atoms with Crippen LogP contribution in [0.5, 0.6) is 11.5 Å². The molecule has 0 saturated carbocycles. The minimum Gasteiger partial charge on any atom is -0.493 e. The molecular formula is C15H19NO2. The summed E-state index contributed by atoms with van der Waals surface area (Å²) in [6.45, 7) is 6.06. The van der Waals surface area contributed by atoms with Crippen LogP contribution in [0.25, 0.3) is 0 Å². The molecule has 0 aliphatic carbocycles. The van der Waals surface area contributed by atoms with Crippen LogP contribution in [0.4, 0.5) is 0 Å². The number of fused-ring (bicyclic) bond motifs is 2. The second-order valence-electron chi connectivity index (χ2n) is 4.80. The van der Waals surface area contributed by atoms with E-state index < -0.39 is 0 Å². The van der Waals surface area contributed by atoms with Crippen molar-refractivity contribution in [1.82, 2.24) is 0 Å². The fraction of sp³-hybridized carbons (Fsp3) is 0.467. The molecular weight excluding hydrogens is 226 g/mol. The molecule has 0 bridgehead atoms. The molecule has 0 aromatic heterocycles. The van der Waals surface area contributed by atoms with E-state index in [4.69, 9.17) is 15.2 Å². The number of hydrogen-bond donors (Lipinski definition) is 1. The monoisotopic (exact) mass is 245 g/mol. The molecule has 2 heterocycles. The van der Waals surface area contributed by atoms with Crippen molar-refractivity contribution < 1.29 is 9.47 Å². The largest absolute Gasteiger partial charge is 0.493 e.